The first kappa shape index (κ1) is 17.0. The zero-order valence-corrected chi connectivity index (χ0v) is 14.8. The molecule has 0 unspecified atom stereocenters. The molecule has 3 rings (SSSR count). The summed E-state index contributed by atoms with van der Waals surface area (Å²) in [7, 11) is 0. The van der Waals surface area contributed by atoms with E-state index in [1.165, 1.54) is 0 Å². The van der Waals surface area contributed by atoms with Crippen molar-refractivity contribution in [1.82, 2.24) is 0 Å². The predicted octanol–water partition coefficient (Wildman–Crippen LogP) is 4.56. The van der Waals surface area contributed by atoms with Gasteiger partial charge in [-0.05, 0) is 50.5 Å². The van der Waals surface area contributed by atoms with Gasteiger partial charge in [0, 0.05) is 10.9 Å². The molecule has 0 aliphatic heterocycles. The molecule has 0 N–H and O–H groups in total. The molecule has 0 aliphatic rings. The molecule has 1 aromatic heterocycles. The Morgan fingerprint density at radius 1 is 1.04 bits per heavy atom. The topological polar surface area (TPSA) is 56.5 Å². The summed E-state index contributed by atoms with van der Waals surface area (Å²) in [6, 6.07) is 11.5. The maximum absolute atomic E-state index is 12.6. The number of rotatable bonds is 3. The molecular weight excluding hydrogens is 316 g/mol. The summed E-state index contributed by atoms with van der Waals surface area (Å²) in [6.07, 6.45) is 0. The van der Waals surface area contributed by atoms with Crippen molar-refractivity contribution in [2.75, 3.05) is 6.61 Å². The zero-order chi connectivity index (χ0) is 18.1. The quantitative estimate of drug-likeness (QED) is 0.519. The van der Waals surface area contributed by atoms with Gasteiger partial charge in [-0.3, -0.25) is 0 Å². The third-order valence-electron chi connectivity index (χ3n) is 4.17. The molecule has 0 fully saturated rings. The van der Waals surface area contributed by atoms with E-state index in [-0.39, 0.29) is 12.2 Å². The maximum Gasteiger partial charge on any atom is 0.351 e. The highest BCUT2D eigenvalue weighted by molar-refractivity contribution is 6.07. The van der Waals surface area contributed by atoms with Crippen LogP contribution in [0, 0.1) is 20.8 Å². The number of fused-ring (bicyclic) bond motifs is 1. The van der Waals surface area contributed by atoms with Gasteiger partial charge >= 0.3 is 11.6 Å². The van der Waals surface area contributed by atoms with Gasteiger partial charge in [0.05, 0.1) is 6.61 Å². The van der Waals surface area contributed by atoms with Crippen LogP contribution < -0.4 is 5.63 Å². The van der Waals surface area contributed by atoms with Crippen LogP contribution in [0.25, 0.3) is 22.1 Å². The van der Waals surface area contributed by atoms with Crippen LogP contribution in [0.2, 0.25) is 0 Å². The fourth-order valence-corrected chi connectivity index (χ4v) is 3.11. The average molecular weight is 336 g/mol. The molecule has 2 aromatic carbocycles. The molecule has 0 saturated heterocycles. The molecular formula is C21H20O4. The number of carbonyl (C=O) groups excluding carboxylic acids is 1. The number of hydrogen-bond donors (Lipinski definition) is 0. The number of hydrogen-bond acceptors (Lipinski definition) is 4. The lowest BCUT2D eigenvalue weighted by Gasteiger charge is -2.14. The van der Waals surface area contributed by atoms with Crippen molar-refractivity contribution in [2.45, 2.75) is 27.7 Å². The number of ether oxygens (including phenoxy) is 1. The molecule has 0 saturated carbocycles. The minimum atomic E-state index is -0.675. The molecule has 0 atom stereocenters. The molecule has 128 valence electrons. The third kappa shape index (κ3) is 3.07. The molecule has 0 radical (unpaired) electrons. The Kier molecular flexibility index (Phi) is 4.45. The second-order valence-corrected chi connectivity index (χ2v) is 6.18. The van der Waals surface area contributed by atoms with Crippen LogP contribution in [-0.2, 0) is 4.74 Å². The summed E-state index contributed by atoms with van der Waals surface area (Å²) in [5, 5.41) is 0.761. The Balaban J connectivity index is 2.47. The van der Waals surface area contributed by atoms with Gasteiger partial charge in [0.25, 0.3) is 0 Å². The number of carbonyl (C=O) groups is 1. The van der Waals surface area contributed by atoms with Crippen LogP contribution >= 0.6 is 0 Å². The van der Waals surface area contributed by atoms with Crippen LogP contribution in [0.1, 0.15) is 34.0 Å². The van der Waals surface area contributed by atoms with Crippen molar-refractivity contribution < 1.29 is 13.9 Å². The fraction of sp³-hybridized carbons (Fsp3) is 0.238. The van der Waals surface area contributed by atoms with Gasteiger partial charge in [-0.25, -0.2) is 9.59 Å². The summed E-state index contributed by atoms with van der Waals surface area (Å²) < 4.78 is 10.6. The molecule has 4 heteroatoms. The highest BCUT2D eigenvalue weighted by atomic mass is 16.5. The van der Waals surface area contributed by atoms with Crippen molar-refractivity contribution in [2.24, 2.45) is 0 Å². The Bertz CT molecular complexity index is 1010. The minimum absolute atomic E-state index is 0.0508. The highest BCUT2D eigenvalue weighted by Gasteiger charge is 2.24. The van der Waals surface area contributed by atoms with E-state index in [1.807, 2.05) is 57.2 Å². The van der Waals surface area contributed by atoms with Gasteiger partial charge in [-0.2, -0.15) is 0 Å². The molecule has 0 spiro atoms. The van der Waals surface area contributed by atoms with Crippen LogP contribution in [0.4, 0.5) is 0 Å². The molecule has 0 bridgehead atoms. The lowest BCUT2D eigenvalue weighted by molar-refractivity contribution is 0.0523. The smallest absolute Gasteiger partial charge is 0.351 e. The van der Waals surface area contributed by atoms with E-state index >= 15 is 0 Å². The van der Waals surface area contributed by atoms with Gasteiger partial charge in [0.1, 0.15) is 5.58 Å². The van der Waals surface area contributed by atoms with Crippen molar-refractivity contribution in [1.29, 1.82) is 0 Å². The Hall–Kier alpha value is -2.88. The molecule has 1 heterocycles. The van der Waals surface area contributed by atoms with Crippen LogP contribution in [0.5, 0.6) is 0 Å². The number of aryl methyl sites for hydroxylation is 3. The van der Waals surface area contributed by atoms with E-state index < -0.39 is 11.6 Å². The first-order valence-electron chi connectivity index (χ1n) is 8.24. The third-order valence-corrected chi connectivity index (χ3v) is 4.17. The van der Waals surface area contributed by atoms with Crippen LogP contribution in [0.3, 0.4) is 0 Å². The summed E-state index contributed by atoms with van der Waals surface area (Å²) in [5.74, 6) is -0.659. The van der Waals surface area contributed by atoms with E-state index in [4.69, 9.17) is 9.15 Å². The van der Waals surface area contributed by atoms with Crippen molar-refractivity contribution in [3.05, 3.63) is 69.1 Å². The Labute approximate surface area is 146 Å². The van der Waals surface area contributed by atoms with Gasteiger partial charge in [0.15, 0.2) is 5.56 Å². The van der Waals surface area contributed by atoms with E-state index in [0.29, 0.717) is 11.1 Å². The van der Waals surface area contributed by atoms with E-state index in [0.717, 1.165) is 27.6 Å². The largest absolute Gasteiger partial charge is 0.462 e. The molecule has 3 aromatic rings. The first-order valence-corrected chi connectivity index (χ1v) is 8.24. The van der Waals surface area contributed by atoms with E-state index in [1.54, 1.807) is 6.92 Å². The molecule has 4 nitrogen and oxygen atoms in total. The summed E-state index contributed by atoms with van der Waals surface area (Å²) in [5.41, 5.74) is 4.15. The van der Waals surface area contributed by atoms with Crippen molar-refractivity contribution >= 4 is 16.9 Å². The summed E-state index contributed by atoms with van der Waals surface area (Å²) >= 11 is 0. The monoisotopic (exact) mass is 336 g/mol. The van der Waals surface area contributed by atoms with Crippen LogP contribution in [0.15, 0.2) is 45.6 Å². The van der Waals surface area contributed by atoms with Crippen LogP contribution in [-0.4, -0.2) is 12.6 Å². The molecule has 0 amide bonds. The second-order valence-electron chi connectivity index (χ2n) is 6.18. The maximum atomic E-state index is 12.6. The predicted molar refractivity (Wildman–Crippen MR) is 98.1 cm³/mol. The SMILES string of the molecule is CCOC(=O)c1c(-c2ccc(C)cc2)c2c(C)cc(C)cc2oc1=O. The Morgan fingerprint density at radius 3 is 2.36 bits per heavy atom. The van der Waals surface area contributed by atoms with Gasteiger partial charge in [-0.15, -0.1) is 0 Å². The number of esters is 1. The average Bonchev–Trinajstić information content (AvgIpc) is 2.54. The van der Waals surface area contributed by atoms with Crippen molar-refractivity contribution in [3.8, 4) is 11.1 Å². The summed E-state index contributed by atoms with van der Waals surface area (Å²) in [6.45, 7) is 7.78. The van der Waals surface area contributed by atoms with Gasteiger partial charge in [-0.1, -0.05) is 35.9 Å². The second kappa shape index (κ2) is 6.55. The lowest BCUT2D eigenvalue weighted by Crippen LogP contribution is -2.19. The summed E-state index contributed by atoms with van der Waals surface area (Å²) in [4.78, 5) is 25.0. The molecule has 0 aliphatic carbocycles. The van der Waals surface area contributed by atoms with Crippen molar-refractivity contribution in [3.63, 3.8) is 0 Å². The van der Waals surface area contributed by atoms with E-state index in [2.05, 4.69) is 0 Å². The fourth-order valence-electron chi connectivity index (χ4n) is 3.11. The number of benzene rings is 2. The minimum Gasteiger partial charge on any atom is -0.462 e. The van der Waals surface area contributed by atoms with E-state index in [9.17, 15) is 9.59 Å². The lowest BCUT2D eigenvalue weighted by atomic mass is 9.93. The standard InChI is InChI=1S/C21H20O4/c1-5-24-20(22)19-18(15-8-6-12(2)7-9-15)17-14(4)10-13(3)11-16(17)25-21(19)23/h6-11H,5H2,1-4H3. The highest BCUT2D eigenvalue weighted by Crippen LogP contribution is 2.34. The van der Waals surface area contributed by atoms with Gasteiger partial charge in [0.2, 0.25) is 0 Å². The normalized spacial score (nSPS) is 10.9. The Morgan fingerprint density at radius 2 is 1.72 bits per heavy atom. The zero-order valence-electron chi connectivity index (χ0n) is 14.8. The molecule has 25 heavy (non-hydrogen) atoms. The first-order chi connectivity index (χ1) is 11.9. The van der Waals surface area contributed by atoms with Gasteiger partial charge < -0.3 is 9.15 Å².